The predicted octanol–water partition coefficient (Wildman–Crippen LogP) is 0.837. The van der Waals surface area contributed by atoms with Crippen molar-refractivity contribution >= 4 is 21.4 Å². The topological polar surface area (TPSA) is 88.3 Å². The van der Waals surface area contributed by atoms with E-state index in [1.54, 1.807) is 14.0 Å². The normalized spacial score (nSPS) is 26.1. The lowest BCUT2D eigenvalue weighted by molar-refractivity contribution is -0.0908. The molecule has 1 aromatic heterocycles. The fraction of sp³-hybridized carbons (Fsp3) is 0.727. The molecule has 19 heavy (non-hydrogen) atoms. The van der Waals surface area contributed by atoms with Crippen molar-refractivity contribution in [3.63, 3.8) is 0 Å². The maximum Gasteiger partial charge on any atom is 0.305 e. The van der Waals surface area contributed by atoms with E-state index in [0.717, 1.165) is 0 Å². The fourth-order valence-electron chi connectivity index (χ4n) is 2.37. The third-order valence-corrected chi connectivity index (χ3v) is 6.86. The summed E-state index contributed by atoms with van der Waals surface area (Å²) >= 11 is 0.712. The third kappa shape index (κ3) is 2.49. The third-order valence-electron chi connectivity index (χ3n) is 3.78. The summed E-state index contributed by atoms with van der Waals surface area (Å²) in [5.74, 6) is 0. The lowest BCUT2D eigenvalue weighted by atomic mass is 9.65. The Labute approximate surface area is 116 Å². The van der Waals surface area contributed by atoms with Crippen LogP contribution in [0, 0.1) is 12.3 Å². The first kappa shape index (κ1) is 14.7. The van der Waals surface area contributed by atoms with Crippen LogP contribution in [0.25, 0.3) is 0 Å². The number of hydrogen-bond acceptors (Lipinski definition) is 5. The summed E-state index contributed by atoms with van der Waals surface area (Å²) in [6.07, 6.45) is 0.687. The minimum absolute atomic E-state index is 0.0475. The van der Waals surface area contributed by atoms with Gasteiger partial charge in [-0.05, 0) is 13.3 Å². The number of aromatic nitrogens is 1. The van der Waals surface area contributed by atoms with Crippen LogP contribution >= 0.6 is 11.3 Å². The molecule has 2 N–H and O–H groups in total. The zero-order chi connectivity index (χ0) is 14.4. The second-order valence-electron chi connectivity index (χ2n) is 5.38. The molecule has 2 unspecified atom stereocenters. The Kier molecular flexibility index (Phi) is 3.63. The first-order valence-electron chi connectivity index (χ1n) is 5.93. The number of sulfonamides is 1. The lowest BCUT2D eigenvalue weighted by Gasteiger charge is -2.50. The van der Waals surface area contributed by atoms with Gasteiger partial charge in [-0.1, -0.05) is 25.2 Å². The zero-order valence-corrected chi connectivity index (χ0v) is 12.9. The molecule has 0 spiro atoms. The Morgan fingerprint density at radius 2 is 2.11 bits per heavy atom. The highest BCUT2D eigenvalue weighted by molar-refractivity contribution is 7.91. The van der Waals surface area contributed by atoms with Gasteiger partial charge in [0, 0.05) is 24.3 Å². The van der Waals surface area contributed by atoms with Crippen LogP contribution in [0.4, 0.5) is 0 Å². The molecule has 0 aromatic carbocycles. The number of aryl methyl sites for hydroxylation is 1. The van der Waals surface area contributed by atoms with Crippen LogP contribution in [0.15, 0.2) is 9.00 Å². The van der Waals surface area contributed by atoms with E-state index in [-0.39, 0.29) is 26.6 Å². The summed E-state index contributed by atoms with van der Waals surface area (Å²) < 4.78 is 32.5. The quantitative estimate of drug-likeness (QED) is 0.862. The van der Waals surface area contributed by atoms with Crippen LogP contribution in [0.1, 0.15) is 26.0 Å². The van der Waals surface area contributed by atoms with Crippen molar-refractivity contribution < 1.29 is 13.2 Å². The summed E-state index contributed by atoms with van der Waals surface area (Å²) in [5.41, 5.74) is 0.125. The number of ether oxygens (including phenoxy) is 1. The molecular weight excluding hydrogens is 288 g/mol. The van der Waals surface area contributed by atoms with E-state index in [1.165, 1.54) is 0 Å². The van der Waals surface area contributed by atoms with Gasteiger partial charge < -0.3 is 9.72 Å². The maximum absolute atomic E-state index is 12.3. The van der Waals surface area contributed by atoms with E-state index in [9.17, 15) is 13.2 Å². The van der Waals surface area contributed by atoms with E-state index < -0.39 is 10.0 Å². The van der Waals surface area contributed by atoms with E-state index in [4.69, 9.17) is 4.74 Å². The van der Waals surface area contributed by atoms with Gasteiger partial charge in [-0.15, -0.1) is 0 Å². The molecule has 2 atom stereocenters. The van der Waals surface area contributed by atoms with Gasteiger partial charge in [0.1, 0.15) is 0 Å². The van der Waals surface area contributed by atoms with Crippen molar-refractivity contribution in [2.75, 3.05) is 7.11 Å². The summed E-state index contributed by atoms with van der Waals surface area (Å²) in [6.45, 7) is 5.50. The average Bonchev–Trinajstić information content (AvgIpc) is 2.64. The summed E-state index contributed by atoms with van der Waals surface area (Å²) in [7, 11) is -2.03. The minimum Gasteiger partial charge on any atom is -0.381 e. The van der Waals surface area contributed by atoms with Crippen molar-refractivity contribution in [2.24, 2.45) is 5.41 Å². The highest BCUT2D eigenvalue weighted by Gasteiger charge is 2.50. The molecule has 2 rings (SSSR count). The first-order valence-corrected chi connectivity index (χ1v) is 8.23. The van der Waals surface area contributed by atoms with Crippen molar-refractivity contribution in [1.82, 2.24) is 9.71 Å². The number of hydrogen-bond donors (Lipinski definition) is 2. The molecular formula is C11H18N2O4S2. The summed E-state index contributed by atoms with van der Waals surface area (Å²) in [4.78, 5) is 13.3. The first-order chi connectivity index (χ1) is 8.68. The van der Waals surface area contributed by atoms with Crippen molar-refractivity contribution in [1.29, 1.82) is 0 Å². The summed E-state index contributed by atoms with van der Waals surface area (Å²) in [6, 6.07) is -0.181. The molecule has 1 aromatic rings. The molecule has 1 saturated carbocycles. The van der Waals surface area contributed by atoms with Crippen LogP contribution in [0.2, 0.25) is 0 Å². The van der Waals surface area contributed by atoms with Crippen LogP contribution in [-0.4, -0.2) is 32.7 Å². The summed E-state index contributed by atoms with van der Waals surface area (Å²) in [5, 5.41) is 0. The Bertz CT molecular complexity index is 629. The Morgan fingerprint density at radius 3 is 2.53 bits per heavy atom. The van der Waals surface area contributed by atoms with E-state index in [1.807, 2.05) is 13.8 Å². The number of rotatable bonds is 4. The highest BCUT2D eigenvalue weighted by Crippen LogP contribution is 2.43. The monoisotopic (exact) mass is 306 g/mol. The largest absolute Gasteiger partial charge is 0.381 e. The SMILES string of the molecule is COC1CC(NS(=O)(=O)c2sc(=O)[nH]c2C)C1(C)C. The molecule has 108 valence electrons. The number of aromatic amines is 1. The van der Waals surface area contributed by atoms with Gasteiger partial charge >= 0.3 is 4.87 Å². The Morgan fingerprint density at radius 1 is 1.47 bits per heavy atom. The molecule has 1 heterocycles. The molecule has 8 heteroatoms. The van der Waals surface area contributed by atoms with Crippen molar-refractivity contribution in [2.45, 2.75) is 43.5 Å². The van der Waals surface area contributed by atoms with Crippen molar-refractivity contribution in [3.8, 4) is 0 Å². The van der Waals surface area contributed by atoms with E-state index in [0.29, 0.717) is 23.5 Å². The van der Waals surface area contributed by atoms with Crippen LogP contribution in [0.3, 0.4) is 0 Å². The highest BCUT2D eigenvalue weighted by atomic mass is 32.2. The number of H-pyrrole nitrogens is 1. The molecule has 1 fully saturated rings. The number of methoxy groups -OCH3 is 1. The van der Waals surface area contributed by atoms with Gasteiger partial charge in [0.05, 0.1) is 6.10 Å². The second-order valence-corrected chi connectivity index (χ2v) is 8.27. The molecule has 1 aliphatic carbocycles. The number of nitrogens with one attached hydrogen (secondary N) is 2. The van der Waals surface area contributed by atoms with Gasteiger partial charge in [0.15, 0.2) is 4.21 Å². The molecule has 6 nitrogen and oxygen atoms in total. The smallest absolute Gasteiger partial charge is 0.305 e. The predicted molar refractivity (Wildman–Crippen MR) is 73.0 cm³/mol. The van der Waals surface area contributed by atoms with E-state index >= 15 is 0 Å². The Balaban J connectivity index is 2.20. The lowest BCUT2D eigenvalue weighted by Crippen LogP contribution is -2.61. The van der Waals surface area contributed by atoms with E-state index in [2.05, 4.69) is 9.71 Å². The maximum atomic E-state index is 12.3. The number of thiazole rings is 1. The zero-order valence-electron chi connectivity index (χ0n) is 11.3. The molecule has 0 saturated heterocycles. The van der Waals surface area contributed by atoms with Crippen molar-refractivity contribution in [3.05, 3.63) is 15.4 Å². The average molecular weight is 306 g/mol. The molecule has 0 bridgehead atoms. The second kappa shape index (κ2) is 4.69. The Hall–Kier alpha value is -0.700. The van der Waals surface area contributed by atoms with Gasteiger partial charge in [-0.25, -0.2) is 13.1 Å². The van der Waals surface area contributed by atoms with Crippen LogP contribution in [0.5, 0.6) is 0 Å². The van der Waals surface area contributed by atoms with Gasteiger partial charge in [0.25, 0.3) is 10.0 Å². The van der Waals surface area contributed by atoms with Crippen LogP contribution in [-0.2, 0) is 14.8 Å². The fourth-order valence-corrected chi connectivity index (χ4v) is 5.10. The molecule has 0 radical (unpaired) electrons. The van der Waals surface area contributed by atoms with Gasteiger partial charge in [-0.2, -0.15) is 0 Å². The van der Waals surface area contributed by atoms with Crippen LogP contribution < -0.4 is 9.60 Å². The standard InChI is InChI=1S/C11H18N2O4S2/c1-6-9(18-10(14)12-6)19(15,16)13-7-5-8(17-4)11(7,2)3/h7-8,13H,5H2,1-4H3,(H,12,14). The van der Waals surface area contributed by atoms with Gasteiger partial charge in [0.2, 0.25) is 0 Å². The molecule has 0 aliphatic heterocycles. The molecule has 1 aliphatic rings. The minimum atomic E-state index is -3.65. The van der Waals surface area contributed by atoms with Gasteiger partial charge in [-0.3, -0.25) is 4.79 Å². The molecule has 0 amide bonds.